The van der Waals surface area contributed by atoms with Gasteiger partial charge in [0.1, 0.15) is 0 Å². The topological polar surface area (TPSA) is 49.7 Å². The molecule has 2 N–H and O–H groups in total. The van der Waals surface area contributed by atoms with Crippen LogP contribution < -0.4 is 0 Å². The molecular weight excluding hydrogens is 300 g/mol. The van der Waals surface area contributed by atoms with Crippen LogP contribution in [0.3, 0.4) is 0 Å². The van der Waals surface area contributed by atoms with Gasteiger partial charge in [0.2, 0.25) is 0 Å². The van der Waals surface area contributed by atoms with Crippen LogP contribution in [0.25, 0.3) is 0 Å². The van der Waals surface area contributed by atoms with Crippen LogP contribution in [0.4, 0.5) is 0 Å². The van der Waals surface area contributed by atoms with Gasteiger partial charge in [-0.1, -0.05) is 36.6 Å². The highest BCUT2D eigenvalue weighted by molar-refractivity contribution is 5.01. The summed E-state index contributed by atoms with van der Waals surface area (Å²) in [6, 6.07) is 0. The fourth-order valence-electron chi connectivity index (χ4n) is 2.04. The molecule has 0 aliphatic rings. The van der Waals surface area contributed by atoms with Crippen LogP contribution in [0.15, 0.2) is 23.3 Å². The van der Waals surface area contributed by atoms with Gasteiger partial charge in [-0.15, -0.1) is 0 Å². The maximum Gasteiger partial charge on any atom is 0.0622 e. The predicted octanol–water partition coefficient (Wildman–Crippen LogP) is 5.27. The third-order valence-corrected chi connectivity index (χ3v) is 4.35. The molecule has 0 aliphatic carbocycles. The standard InChI is InChI=1S/C11H24O2.C10H18O/c1-9(10(2)12)7-6-8-11(3,4)13-5;1-9(2)5-4-6-10(3)7-8-11/h9-10,12H,6-8H2,1-5H3;5,7,11H,4,6,8H2,1-3H3/b;10-7+. The molecule has 0 bridgehead atoms. The zero-order chi connectivity index (χ0) is 19.2. The van der Waals surface area contributed by atoms with Crippen LogP contribution in [-0.2, 0) is 4.74 Å². The Bertz CT molecular complexity index is 350. The van der Waals surface area contributed by atoms with Crippen molar-refractivity contribution in [3.63, 3.8) is 0 Å². The average Bonchev–Trinajstić information content (AvgIpc) is 2.47. The van der Waals surface area contributed by atoms with Crippen molar-refractivity contribution >= 4 is 0 Å². The Morgan fingerprint density at radius 2 is 1.71 bits per heavy atom. The molecule has 24 heavy (non-hydrogen) atoms. The van der Waals surface area contributed by atoms with E-state index in [0.29, 0.717) is 5.92 Å². The molecule has 2 unspecified atom stereocenters. The van der Waals surface area contributed by atoms with Crippen molar-refractivity contribution < 1.29 is 14.9 Å². The fraction of sp³-hybridized carbons (Fsp3) is 0.810. The number of allylic oxidation sites excluding steroid dienone is 3. The van der Waals surface area contributed by atoms with Crippen molar-refractivity contribution in [2.45, 2.75) is 92.3 Å². The number of hydrogen-bond acceptors (Lipinski definition) is 3. The summed E-state index contributed by atoms with van der Waals surface area (Å²) in [6.07, 6.45) is 9.28. The van der Waals surface area contributed by atoms with Gasteiger partial charge < -0.3 is 14.9 Å². The van der Waals surface area contributed by atoms with Crippen LogP contribution in [0.1, 0.15) is 80.6 Å². The number of rotatable bonds is 10. The lowest BCUT2D eigenvalue weighted by Crippen LogP contribution is -2.23. The predicted molar refractivity (Wildman–Crippen MR) is 105 cm³/mol. The summed E-state index contributed by atoms with van der Waals surface area (Å²) >= 11 is 0. The second kappa shape index (κ2) is 14.7. The van der Waals surface area contributed by atoms with Crippen molar-refractivity contribution in [1.82, 2.24) is 0 Å². The molecule has 3 nitrogen and oxygen atoms in total. The highest BCUT2D eigenvalue weighted by Gasteiger charge is 2.17. The minimum Gasteiger partial charge on any atom is -0.393 e. The number of aliphatic hydroxyl groups excluding tert-OH is 2. The molecule has 0 aliphatic heterocycles. The summed E-state index contributed by atoms with van der Waals surface area (Å²) in [5.41, 5.74) is 2.62. The minimum absolute atomic E-state index is 0.0155. The van der Waals surface area contributed by atoms with Gasteiger partial charge in [0, 0.05) is 7.11 Å². The lowest BCUT2D eigenvalue weighted by atomic mass is 9.94. The third kappa shape index (κ3) is 17.7. The van der Waals surface area contributed by atoms with E-state index in [9.17, 15) is 5.11 Å². The van der Waals surface area contributed by atoms with Gasteiger partial charge >= 0.3 is 0 Å². The Morgan fingerprint density at radius 3 is 2.12 bits per heavy atom. The van der Waals surface area contributed by atoms with Crippen LogP contribution in [0.2, 0.25) is 0 Å². The highest BCUT2D eigenvalue weighted by atomic mass is 16.5. The monoisotopic (exact) mass is 342 g/mol. The van der Waals surface area contributed by atoms with Gasteiger partial charge in [0.25, 0.3) is 0 Å². The van der Waals surface area contributed by atoms with Crippen LogP contribution in [0.5, 0.6) is 0 Å². The number of aliphatic hydroxyl groups is 2. The molecule has 0 amide bonds. The first-order valence-electron chi connectivity index (χ1n) is 9.18. The SMILES string of the molecule is CC(C)=CCC/C(C)=C/CO.COC(C)(C)CCCC(C)C(C)O. The van der Waals surface area contributed by atoms with Gasteiger partial charge in [0.05, 0.1) is 18.3 Å². The zero-order valence-corrected chi connectivity index (χ0v) is 17.4. The van der Waals surface area contributed by atoms with E-state index in [2.05, 4.69) is 47.6 Å². The first-order chi connectivity index (χ1) is 11.1. The van der Waals surface area contributed by atoms with Crippen molar-refractivity contribution in [2.24, 2.45) is 5.92 Å². The number of ether oxygens (including phenoxy) is 1. The average molecular weight is 343 g/mol. The molecule has 0 aromatic carbocycles. The van der Waals surface area contributed by atoms with Gasteiger partial charge in [0.15, 0.2) is 0 Å². The van der Waals surface area contributed by atoms with Gasteiger partial charge in [-0.05, 0) is 73.1 Å². The number of hydrogen-bond donors (Lipinski definition) is 2. The van der Waals surface area contributed by atoms with Gasteiger partial charge in [-0.25, -0.2) is 0 Å². The van der Waals surface area contributed by atoms with Crippen molar-refractivity contribution in [2.75, 3.05) is 13.7 Å². The molecule has 0 fully saturated rings. The summed E-state index contributed by atoms with van der Waals surface area (Å²) in [5.74, 6) is 0.396. The van der Waals surface area contributed by atoms with Crippen molar-refractivity contribution in [3.8, 4) is 0 Å². The second-order valence-corrected chi connectivity index (χ2v) is 7.63. The van der Waals surface area contributed by atoms with E-state index in [4.69, 9.17) is 9.84 Å². The summed E-state index contributed by atoms with van der Waals surface area (Å²) in [6.45, 7) is 14.6. The highest BCUT2D eigenvalue weighted by Crippen LogP contribution is 2.20. The van der Waals surface area contributed by atoms with Crippen LogP contribution >= 0.6 is 0 Å². The molecule has 0 heterocycles. The molecule has 0 saturated heterocycles. The zero-order valence-electron chi connectivity index (χ0n) is 17.4. The maximum absolute atomic E-state index is 9.28. The van der Waals surface area contributed by atoms with E-state index in [-0.39, 0.29) is 18.3 Å². The van der Waals surface area contributed by atoms with E-state index in [1.807, 2.05) is 13.0 Å². The largest absolute Gasteiger partial charge is 0.393 e. The quantitative estimate of drug-likeness (QED) is 0.532. The second-order valence-electron chi connectivity index (χ2n) is 7.63. The molecule has 0 aromatic heterocycles. The minimum atomic E-state index is -0.189. The van der Waals surface area contributed by atoms with E-state index >= 15 is 0 Å². The Balaban J connectivity index is 0. The number of methoxy groups -OCH3 is 1. The molecule has 144 valence electrons. The van der Waals surface area contributed by atoms with E-state index in [1.54, 1.807) is 7.11 Å². The molecule has 0 spiro atoms. The summed E-state index contributed by atoms with van der Waals surface area (Å²) in [4.78, 5) is 0. The van der Waals surface area contributed by atoms with E-state index in [0.717, 1.165) is 32.1 Å². The first kappa shape index (κ1) is 25.6. The summed E-state index contributed by atoms with van der Waals surface area (Å²) in [7, 11) is 1.75. The third-order valence-electron chi connectivity index (χ3n) is 4.35. The van der Waals surface area contributed by atoms with Gasteiger partial charge in [-0.3, -0.25) is 0 Å². The Labute approximate surface area is 150 Å². The molecule has 0 saturated carbocycles. The maximum atomic E-state index is 9.28. The van der Waals surface area contributed by atoms with E-state index < -0.39 is 0 Å². The Hall–Kier alpha value is -0.640. The smallest absolute Gasteiger partial charge is 0.0622 e. The summed E-state index contributed by atoms with van der Waals surface area (Å²) < 4.78 is 5.32. The lowest BCUT2D eigenvalue weighted by molar-refractivity contribution is 0.0111. The van der Waals surface area contributed by atoms with E-state index in [1.165, 1.54) is 11.1 Å². The van der Waals surface area contributed by atoms with Gasteiger partial charge in [-0.2, -0.15) is 0 Å². The van der Waals surface area contributed by atoms with Crippen LogP contribution in [0, 0.1) is 5.92 Å². The Kier molecular flexibility index (Phi) is 15.7. The molecule has 3 heteroatoms. The molecule has 2 atom stereocenters. The first-order valence-corrected chi connectivity index (χ1v) is 9.18. The fourth-order valence-corrected chi connectivity index (χ4v) is 2.04. The molecule has 0 radical (unpaired) electrons. The van der Waals surface area contributed by atoms with Crippen molar-refractivity contribution in [1.29, 1.82) is 0 Å². The Morgan fingerprint density at radius 1 is 1.12 bits per heavy atom. The lowest BCUT2D eigenvalue weighted by Gasteiger charge is -2.23. The summed E-state index contributed by atoms with van der Waals surface area (Å²) in [5, 5.41) is 17.8. The molecular formula is C21H42O3. The molecule has 0 rings (SSSR count). The molecule has 0 aromatic rings. The van der Waals surface area contributed by atoms with Crippen molar-refractivity contribution in [3.05, 3.63) is 23.3 Å². The van der Waals surface area contributed by atoms with Crippen LogP contribution in [-0.4, -0.2) is 35.6 Å². The normalized spacial score (nSPS) is 14.5.